The topological polar surface area (TPSA) is 279 Å². The Labute approximate surface area is 396 Å². The zero-order chi connectivity index (χ0) is 50.1. The van der Waals surface area contributed by atoms with E-state index in [2.05, 4.69) is 47.5 Å². The summed E-state index contributed by atoms with van der Waals surface area (Å²) >= 11 is 0. The Hall–Kier alpha value is -8.67. The minimum atomic E-state index is -0.590. The lowest BCUT2D eigenvalue weighted by molar-refractivity contribution is -0.121. The molecule has 24 nitrogen and oxygen atoms in total. The van der Waals surface area contributed by atoms with E-state index in [9.17, 15) is 38.4 Å². The second-order valence-electron chi connectivity index (χ2n) is 16.5. The summed E-state index contributed by atoms with van der Waals surface area (Å²) in [5, 5.41) is 21.7. The van der Waals surface area contributed by atoms with E-state index in [0.29, 0.717) is 29.3 Å². The quantitative estimate of drug-likeness (QED) is 0.0513. The molecule has 6 aromatic heterocycles. The third-order valence-corrected chi connectivity index (χ3v) is 10.7. The molecule has 69 heavy (non-hydrogen) atoms. The van der Waals surface area contributed by atoms with Gasteiger partial charge in [-0.1, -0.05) is 0 Å². The van der Waals surface area contributed by atoms with Crippen LogP contribution in [-0.2, 0) is 51.9 Å². The summed E-state index contributed by atoms with van der Waals surface area (Å²) in [6.45, 7) is 1.13. The average molecular weight is 949 g/mol. The number of carbonyl (C=O) groups excluding carboxylic acids is 8. The Morgan fingerprint density at radius 1 is 0.464 bits per heavy atom. The molecule has 0 aliphatic carbocycles. The van der Waals surface area contributed by atoms with Gasteiger partial charge >= 0.3 is 0 Å². The zero-order valence-corrected chi connectivity index (χ0v) is 39.5. The third-order valence-electron chi connectivity index (χ3n) is 10.7. The van der Waals surface area contributed by atoms with E-state index in [1.165, 1.54) is 62.6 Å². The summed E-state index contributed by atoms with van der Waals surface area (Å²) in [5.74, 6) is -3.51. The third kappa shape index (κ3) is 12.8. The summed E-state index contributed by atoms with van der Waals surface area (Å²) < 4.78 is 9.18. The average Bonchev–Trinajstić information content (AvgIpc) is 4.15. The van der Waals surface area contributed by atoms with E-state index in [1.807, 2.05) is 19.0 Å². The minimum absolute atomic E-state index is 0.125. The predicted octanol–water partition coefficient (Wildman–Crippen LogP) is 1.68. The molecule has 8 amide bonds. The van der Waals surface area contributed by atoms with Gasteiger partial charge in [-0.05, 0) is 57.4 Å². The van der Waals surface area contributed by atoms with Gasteiger partial charge in [0.05, 0.1) is 35.0 Å². The molecular formula is C45H56N16O8. The van der Waals surface area contributed by atoms with E-state index in [-0.39, 0.29) is 58.9 Å². The zero-order valence-electron chi connectivity index (χ0n) is 39.5. The monoisotopic (exact) mass is 948 g/mol. The molecule has 0 spiro atoms. The number of hydrogen-bond acceptors (Lipinski definition) is 10. The van der Waals surface area contributed by atoms with E-state index in [0.717, 1.165) is 13.0 Å². The lowest BCUT2D eigenvalue weighted by Gasteiger charge is -2.10. The van der Waals surface area contributed by atoms with Crippen molar-refractivity contribution in [3.05, 3.63) is 108 Å². The molecule has 0 fully saturated rings. The lowest BCUT2D eigenvalue weighted by atomic mass is 10.3. The van der Waals surface area contributed by atoms with Crippen molar-refractivity contribution in [1.82, 2.24) is 53.2 Å². The van der Waals surface area contributed by atoms with E-state index < -0.39 is 47.9 Å². The Balaban J connectivity index is 0.953. The number of aromatic nitrogens is 7. The maximum Gasteiger partial charge on any atom is 0.291 e. The van der Waals surface area contributed by atoms with Crippen molar-refractivity contribution < 1.29 is 38.4 Å². The summed E-state index contributed by atoms with van der Waals surface area (Å²) in [5.41, 5.74) is 2.71. The fourth-order valence-corrected chi connectivity index (χ4v) is 7.20. The molecular weight excluding hydrogens is 893 g/mol. The van der Waals surface area contributed by atoms with Crippen LogP contribution in [0, 0.1) is 0 Å². The first kappa shape index (κ1) is 49.8. The highest BCUT2D eigenvalue weighted by atomic mass is 16.2. The highest BCUT2D eigenvalue weighted by Gasteiger charge is 2.22. The van der Waals surface area contributed by atoms with Crippen molar-refractivity contribution in [1.29, 1.82) is 0 Å². The first-order valence-corrected chi connectivity index (χ1v) is 21.6. The molecule has 6 rings (SSSR count). The number of hydrogen-bond donors (Lipinski definition) is 8. The normalized spacial score (nSPS) is 11.0. The Kier molecular flexibility index (Phi) is 15.7. The fraction of sp³-hybridized carbons (Fsp3) is 0.311. The maximum atomic E-state index is 13.3. The van der Waals surface area contributed by atoms with Gasteiger partial charge in [-0.3, -0.25) is 38.4 Å². The SMILES string of the molecule is CN(C)CCCNC(=O)CCNC(=O)c1cc(NC(=O)c2cc(NC(=O)c3cc(NC(=O)CNC(=O)c4cc(NC(=O)c5cc(NC(=O)c6nccn6C)cn5C)cn4C)cn3C)cn2C)cn1C. The highest BCUT2D eigenvalue weighted by molar-refractivity contribution is 6.09. The molecule has 0 bridgehead atoms. The van der Waals surface area contributed by atoms with Crippen molar-refractivity contribution in [2.75, 3.05) is 66.9 Å². The molecule has 0 saturated heterocycles. The second-order valence-corrected chi connectivity index (χ2v) is 16.5. The number of aryl methyl sites for hydroxylation is 6. The van der Waals surface area contributed by atoms with Crippen LogP contribution in [0.25, 0.3) is 0 Å². The van der Waals surface area contributed by atoms with Crippen molar-refractivity contribution in [2.45, 2.75) is 12.8 Å². The number of anilines is 5. The smallest absolute Gasteiger partial charge is 0.291 e. The molecule has 24 heteroatoms. The van der Waals surface area contributed by atoms with Gasteiger partial charge in [0.25, 0.3) is 35.4 Å². The largest absolute Gasteiger partial charge is 0.356 e. The van der Waals surface area contributed by atoms with Gasteiger partial charge in [-0.15, -0.1) is 0 Å². The molecule has 6 heterocycles. The van der Waals surface area contributed by atoms with Crippen LogP contribution in [0.15, 0.2) is 73.7 Å². The Bertz CT molecular complexity index is 2920. The van der Waals surface area contributed by atoms with Crippen LogP contribution in [0.3, 0.4) is 0 Å². The first-order chi connectivity index (χ1) is 32.8. The van der Waals surface area contributed by atoms with Gasteiger partial charge in [0.15, 0.2) is 5.82 Å². The molecule has 0 saturated carbocycles. The van der Waals surface area contributed by atoms with Gasteiger partial charge in [0.2, 0.25) is 11.8 Å². The van der Waals surface area contributed by atoms with Crippen LogP contribution >= 0.6 is 0 Å². The predicted molar refractivity (Wildman–Crippen MR) is 256 cm³/mol. The molecule has 0 aliphatic rings. The molecule has 0 aromatic carbocycles. The molecule has 364 valence electrons. The van der Waals surface area contributed by atoms with Crippen LogP contribution in [0.4, 0.5) is 28.4 Å². The first-order valence-electron chi connectivity index (χ1n) is 21.6. The van der Waals surface area contributed by atoms with Gasteiger partial charge in [-0.2, -0.15) is 0 Å². The summed E-state index contributed by atoms with van der Waals surface area (Å²) in [6.07, 6.45) is 11.9. The van der Waals surface area contributed by atoms with Crippen LogP contribution < -0.4 is 42.5 Å². The number of amides is 8. The fourth-order valence-electron chi connectivity index (χ4n) is 7.20. The lowest BCUT2D eigenvalue weighted by Crippen LogP contribution is -2.33. The number of nitrogens with zero attached hydrogens (tertiary/aromatic N) is 8. The second kappa shape index (κ2) is 21.8. The maximum absolute atomic E-state index is 13.3. The number of rotatable bonds is 20. The highest BCUT2D eigenvalue weighted by Crippen LogP contribution is 2.21. The number of imidazole rings is 1. The number of carbonyl (C=O) groups is 8. The molecule has 0 atom stereocenters. The summed E-state index contributed by atoms with van der Waals surface area (Å²) in [6, 6.07) is 7.41. The van der Waals surface area contributed by atoms with E-state index in [4.69, 9.17) is 0 Å². The molecule has 0 unspecified atom stereocenters. The van der Waals surface area contributed by atoms with Crippen LogP contribution in [0.5, 0.6) is 0 Å². The van der Waals surface area contributed by atoms with Crippen molar-refractivity contribution >= 4 is 75.7 Å². The molecule has 0 radical (unpaired) electrons. The van der Waals surface area contributed by atoms with E-state index in [1.54, 1.807) is 80.8 Å². The molecule has 6 aromatic rings. The van der Waals surface area contributed by atoms with E-state index >= 15 is 0 Å². The van der Waals surface area contributed by atoms with Crippen LogP contribution in [0.1, 0.15) is 75.9 Å². The van der Waals surface area contributed by atoms with Crippen molar-refractivity contribution in [3.8, 4) is 0 Å². The Morgan fingerprint density at radius 2 is 0.855 bits per heavy atom. The van der Waals surface area contributed by atoms with Crippen LogP contribution in [-0.4, -0.2) is 125 Å². The number of nitrogens with one attached hydrogen (secondary N) is 8. The standard InChI is InChI=1S/C45H56N16O8/c1-55(2)14-9-11-46-37(62)10-12-48-40(64)32-17-28(23-57(32)4)51-43(67)35-19-30(25-60(35)7)53-42(66)34-16-27(22-59(34)6)50-38(63)21-49-41(65)33-18-29(24-58(33)5)52-44(68)36-20-31(26-61(36)8)54-45(69)39-47-13-15-56(39)3/h13,15-20,22-26H,9-12,14,21H2,1-8H3,(H,46,62)(H,48,64)(H,49,65)(H,50,63)(H,51,67)(H,52,68)(H,53,66)(H,54,69). The van der Waals surface area contributed by atoms with Gasteiger partial charge in [-0.25, -0.2) is 4.98 Å². The minimum Gasteiger partial charge on any atom is -0.356 e. The van der Waals surface area contributed by atoms with Gasteiger partial charge < -0.3 is 74.8 Å². The summed E-state index contributed by atoms with van der Waals surface area (Å²) in [4.78, 5) is 109. The van der Waals surface area contributed by atoms with Gasteiger partial charge in [0, 0.05) is 105 Å². The molecule has 8 N–H and O–H groups in total. The summed E-state index contributed by atoms with van der Waals surface area (Å²) in [7, 11) is 13.8. The van der Waals surface area contributed by atoms with Crippen molar-refractivity contribution in [2.24, 2.45) is 42.3 Å². The molecule has 0 aliphatic heterocycles. The van der Waals surface area contributed by atoms with Crippen molar-refractivity contribution in [3.63, 3.8) is 0 Å². The Morgan fingerprint density at radius 3 is 1.26 bits per heavy atom. The van der Waals surface area contributed by atoms with Gasteiger partial charge in [0.1, 0.15) is 28.5 Å². The van der Waals surface area contributed by atoms with Crippen LogP contribution in [0.2, 0.25) is 0 Å².